The highest BCUT2D eigenvalue weighted by molar-refractivity contribution is 6.00. The zero-order valence-electron chi connectivity index (χ0n) is 18.9. The lowest BCUT2D eigenvalue weighted by Crippen LogP contribution is -2.44. The van der Waals surface area contributed by atoms with Gasteiger partial charge >= 0.3 is 6.03 Å². The molecule has 2 aromatic rings. The predicted molar refractivity (Wildman–Crippen MR) is 123 cm³/mol. The number of urea groups is 1. The Kier molecular flexibility index (Phi) is 6.09. The summed E-state index contributed by atoms with van der Waals surface area (Å²) in [6.07, 6.45) is 2.54. The Bertz CT molecular complexity index is 1010. The molecule has 0 aromatic heterocycles. The number of ether oxygens (including phenoxy) is 1. The molecule has 0 spiro atoms. The van der Waals surface area contributed by atoms with Gasteiger partial charge in [0, 0.05) is 23.7 Å². The van der Waals surface area contributed by atoms with Crippen LogP contribution in [-0.4, -0.2) is 42.6 Å². The first-order chi connectivity index (χ1) is 15.2. The summed E-state index contributed by atoms with van der Waals surface area (Å²) in [5.74, 6) is 0.382. The fourth-order valence-corrected chi connectivity index (χ4v) is 3.88. The lowest BCUT2D eigenvalue weighted by atomic mass is 9.94. The van der Waals surface area contributed by atoms with Crippen LogP contribution in [0.4, 0.5) is 20.6 Å². The molecule has 6 nitrogen and oxygen atoms in total. The van der Waals surface area contributed by atoms with Crippen molar-refractivity contribution >= 4 is 23.3 Å². The van der Waals surface area contributed by atoms with Crippen LogP contribution in [0.25, 0.3) is 0 Å². The van der Waals surface area contributed by atoms with E-state index in [2.05, 4.69) is 5.32 Å². The molecule has 1 fully saturated rings. The SMILES string of the molecule is CC(C)(C)C(=O)N1CCOc2ccc(NC(=O)N(CCc3cccc(F)c3)C3CC3)cc21. The molecule has 7 heteroatoms. The van der Waals surface area contributed by atoms with Crippen molar-refractivity contribution in [3.63, 3.8) is 0 Å². The molecule has 170 valence electrons. The number of anilines is 2. The summed E-state index contributed by atoms with van der Waals surface area (Å²) in [5.41, 5.74) is 1.63. The Hall–Kier alpha value is -3.09. The molecular weight excluding hydrogens is 409 g/mol. The maximum atomic E-state index is 13.5. The van der Waals surface area contributed by atoms with Gasteiger partial charge in [0.25, 0.3) is 0 Å². The van der Waals surface area contributed by atoms with Crippen molar-refractivity contribution in [1.29, 1.82) is 0 Å². The van der Waals surface area contributed by atoms with Gasteiger partial charge < -0.3 is 19.9 Å². The number of carbonyl (C=O) groups is 2. The molecular formula is C25H30FN3O3. The minimum atomic E-state index is -0.520. The molecule has 1 saturated carbocycles. The van der Waals surface area contributed by atoms with Gasteiger partial charge in [-0.1, -0.05) is 32.9 Å². The van der Waals surface area contributed by atoms with Crippen molar-refractivity contribution in [3.8, 4) is 5.75 Å². The zero-order chi connectivity index (χ0) is 22.9. The molecule has 1 N–H and O–H groups in total. The van der Waals surface area contributed by atoms with Gasteiger partial charge in [0.2, 0.25) is 5.91 Å². The third kappa shape index (κ3) is 5.03. The van der Waals surface area contributed by atoms with Crippen molar-refractivity contribution in [1.82, 2.24) is 4.90 Å². The second-order valence-electron chi connectivity index (χ2n) is 9.47. The highest BCUT2D eigenvalue weighted by atomic mass is 19.1. The molecule has 32 heavy (non-hydrogen) atoms. The standard InChI is InChI=1S/C25H30FN3O3/c1-25(2,3)23(30)29-13-14-32-22-10-7-19(16-21(22)29)27-24(31)28(20-8-9-20)12-11-17-5-4-6-18(26)15-17/h4-7,10,15-16,20H,8-9,11-14H2,1-3H3,(H,27,31). The van der Waals surface area contributed by atoms with E-state index in [1.807, 2.05) is 31.7 Å². The molecule has 0 bridgehead atoms. The van der Waals surface area contributed by atoms with Crippen LogP contribution in [0.3, 0.4) is 0 Å². The summed E-state index contributed by atoms with van der Waals surface area (Å²) in [4.78, 5) is 29.5. The summed E-state index contributed by atoms with van der Waals surface area (Å²) in [5, 5.41) is 2.98. The van der Waals surface area contributed by atoms with E-state index in [-0.39, 0.29) is 23.8 Å². The molecule has 2 aliphatic rings. The van der Waals surface area contributed by atoms with Gasteiger partial charge in [-0.15, -0.1) is 0 Å². The average Bonchev–Trinajstić information content (AvgIpc) is 3.57. The lowest BCUT2D eigenvalue weighted by Gasteiger charge is -2.34. The van der Waals surface area contributed by atoms with Crippen molar-refractivity contribution in [2.75, 3.05) is 29.9 Å². The Balaban J connectivity index is 1.48. The zero-order valence-corrected chi connectivity index (χ0v) is 18.9. The highest BCUT2D eigenvalue weighted by Gasteiger charge is 2.34. The van der Waals surface area contributed by atoms with E-state index in [0.717, 1.165) is 18.4 Å². The number of nitrogens with one attached hydrogen (secondary N) is 1. The number of nitrogens with zero attached hydrogens (tertiary/aromatic N) is 2. The topological polar surface area (TPSA) is 61.9 Å². The molecule has 0 saturated heterocycles. The number of carbonyl (C=O) groups excluding carboxylic acids is 2. The Morgan fingerprint density at radius 3 is 2.66 bits per heavy atom. The van der Waals surface area contributed by atoms with Crippen LogP contribution in [0.5, 0.6) is 5.75 Å². The van der Waals surface area contributed by atoms with Crippen LogP contribution in [0.15, 0.2) is 42.5 Å². The molecule has 3 amide bonds. The van der Waals surface area contributed by atoms with Crippen molar-refractivity contribution < 1.29 is 18.7 Å². The average molecular weight is 440 g/mol. The summed E-state index contributed by atoms with van der Waals surface area (Å²) in [7, 11) is 0. The van der Waals surface area contributed by atoms with Gasteiger partial charge in [0.1, 0.15) is 18.2 Å². The van der Waals surface area contributed by atoms with Gasteiger partial charge in [-0.05, 0) is 55.2 Å². The highest BCUT2D eigenvalue weighted by Crippen LogP contribution is 2.37. The summed E-state index contributed by atoms with van der Waals surface area (Å²) >= 11 is 0. The molecule has 4 rings (SSSR count). The second kappa shape index (κ2) is 8.81. The number of halogens is 1. The van der Waals surface area contributed by atoms with E-state index in [9.17, 15) is 14.0 Å². The van der Waals surface area contributed by atoms with Gasteiger partial charge in [-0.2, -0.15) is 0 Å². The Morgan fingerprint density at radius 1 is 1.19 bits per heavy atom. The molecule has 1 aliphatic heterocycles. The number of rotatable bonds is 5. The maximum absolute atomic E-state index is 13.5. The molecule has 0 radical (unpaired) electrons. The lowest BCUT2D eigenvalue weighted by molar-refractivity contribution is -0.126. The van der Waals surface area contributed by atoms with Gasteiger partial charge in [-0.3, -0.25) is 4.79 Å². The normalized spacial score (nSPS) is 15.6. The van der Waals surface area contributed by atoms with Gasteiger partial charge in [-0.25, -0.2) is 9.18 Å². The second-order valence-corrected chi connectivity index (χ2v) is 9.47. The molecule has 0 unspecified atom stereocenters. The number of fused-ring (bicyclic) bond motifs is 1. The van der Waals surface area contributed by atoms with Crippen LogP contribution in [-0.2, 0) is 11.2 Å². The van der Waals surface area contributed by atoms with Gasteiger partial charge in [0.15, 0.2) is 0 Å². The molecule has 0 atom stereocenters. The number of hydrogen-bond donors (Lipinski definition) is 1. The Morgan fingerprint density at radius 2 is 1.97 bits per heavy atom. The molecule has 1 heterocycles. The van der Waals surface area contributed by atoms with E-state index in [4.69, 9.17) is 4.74 Å². The fraction of sp³-hybridized carbons (Fsp3) is 0.440. The number of amides is 3. The van der Waals surface area contributed by atoms with E-state index in [1.165, 1.54) is 12.1 Å². The molecule has 1 aliphatic carbocycles. The van der Waals surface area contributed by atoms with Crippen LogP contribution in [0.1, 0.15) is 39.2 Å². The summed E-state index contributed by atoms with van der Waals surface area (Å²) < 4.78 is 19.2. The van der Waals surface area contributed by atoms with Gasteiger partial charge in [0.05, 0.1) is 12.2 Å². The maximum Gasteiger partial charge on any atom is 0.322 e. The minimum absolute atomic E-state index is 0.0141. The predicted octanol–water partition coefficient (Wildman–Crippen LogP) is 4.84. The van der Waals surface area contributed by atoms with Crippen molar-refractivity contribution in [2.24, 2.45) is 5.41 Å². The smallest absolute Gasteiger partial charge is 0.322 e. The molecule has 2 aromatic carbocycles. The van der Waals surface area contributed by atoms with Crippen LogP contribution >= 0.6 is 0 Å². The van der Waals surface area contributed by atoms with Crippen molar-refractivity contribution in [2.45, 2.75) is 46.1 Å². The monoisotopic (exact) mass is 439 g/mol. The van der Waals surface area contributed by atoms with Crippen LogP contribution in [0, 0.1) is 11.2 Å². The Labute approximate surface area is 188 Å². The number of benzene rings is 2. The van der Waals surface area contributed by atoms with Crippen molar-refractivity contribution in [3.05, 3.63) is 53.8 Å². The largest absolute Gasteiger partial charge is 0.490 e. The van der Waals surface area contributed by atoms with E-state index < -0.39 is 5.41 Å². The first kappa shape index (κ1) is 22.1. The third-order valence-corrected chi connectivity index (χ3v) is 5.74. The third-order valence-electron chi connectivity index (χ3n) is 5.74. The van der Waals surface area contributed by atoms with E-state index in [1.54, 1.807) is 29.2 Å². The van der Waals surface area contributed by atoms with Crippen LogP contribution < -0.4 is 15.0 Å². The van der Waals surface area contributed by atoms with Crippen LogP contribution in [0.2, 0.25) is 0 Å². The van der Waals surface area contributed by atoms with E-state index >= 15 is 0 Å². The first-order valence-corrected chi connectivity index (χ1v) is 11.1. The summed E-state index contributed by atoms with van der Waals surface area (Å²) in [6, 6.07) is 11.9. The first-order valence-electron chi connectivity index (χ1n) is 11.1. The quantitative estimate of drug-likeness (QED) is 0.725. The minimum Gasteiger partial charge on any atom is -0.490 e. The summed E-state index contributed by atoms with van der Waals surface area (Å²) in [6.45, 7) is 7.10. The van der Waals surface area contributed by atoms with E-state index in [0.29, 0.717) is 43.2 Å². The fourth-order valence-electron chi connectivity index (χ4n) is 3.88. The number of hydrogen-bond acceptors (Lipinski definition) is 3.